The van der Waals surface area contributed by atoms with Crippen LogP contribution < -0.4 is 10.6 Å². The predicted molar refractivity (Wildman–Crippen MR) is 115 cm³/mol. The van der Waals surface area contributed by atoms with Gasteiger partial charge in [-0.2, -0.15) is 0 Å². The summed E-state index contributed by atoms with van der Waals surface area (Å²) in [6.07, 6.45) is 0.919. The Morgan fingerprint density at radius 1 is 0.786 bits per heavy atom. The second kappa shape index (κ2) is 8.58. The Hall–Kier alpha value is -2.64. The first kappa shape index (κ1) is 20.1. The third kappa shape index (κ3) is 4.79. The summed E-state index contributed by atoms with van der Waals surface area (Å²) < 4.78 is 19.8. The zero-order chi connectivity index (χ0) is 20.0. The largest absolute Gasteiger partial charge is 0.456 e. The summed E-state index contributed by atoms with van der Waals surface area (Å²) in [5, 5.41) is 1.65. The lowest BCUT2D eigenvalue weighted by Gasteiger charge is -2.28. The molecule has 0 saturated carbocycles. The van der Waals surface area contributed by atoms with Gasteiger partial charge < -0.3 is 9.30 Å². The molecule has 3 aromatic carbocycles. The van der Waals surface area contributed by atoms with Gasteiger partial charge in [-0.1, -0.05) is 78.9 Å². The third-order valence-corrected chi connectivity index (χ3v) is 7.87. The van der Waals surface area contributed by atoms with Crippen molar-refractivity contribution in [1.82, 2.24) is 0 Å². The fourth-order valence-electron chi connectivity index (χ4n) is 3.11. The molecule has 4 heteroatoms. The van der Waals surface area contributed by atoms with Crippen molar-refractivity contribution in [2.24, 2.45) is 0 Å². The molecule has 0 fully saturated rings. The highest BCUT2D eigenvalue weighted by atomic mass is 31.2. The number of hydrogen-bond acceptors (Lipinski definition) is 3. The van der Waals surface area contributed by atoms with Crippen molar-refractivity contribution >= 4 is 23.7 Å². The normalized spacial score (nSPS) is 11.8. The minimum Gasteiger partial charge on any atom is -0.456 e. The molecule has 0 amide bonds. The van der Waals surface area contributed by atoms with Gasteiger partial charge in [0.25, 0.3) is 0 Å². The molecule has 28 heavy (non-hydrogen) atoms. The van der Waals surface area contributed by atoms with Crippen molar-refractivity contribution in [2.45, 2.75) is 25.9 Å². The Morgan fingerprint density at radius 3 is 1.68 bits per heavy atom. The van der Waals surface area contributed by atoms with E-state index in [1.165, 1.54) is 0 Å². The number of benzene rings is 3. The number of carbonyl (C=O) groups is 1. The van der Waals surface area contributed by atoms with Gasteiger partial charge in [-0.15, -0.1) is 0 Å². The lowest BCUT2D eigenvalue weighted by Crippen LogP contribution is -2.31. The molecule has 3 aromatic rings. The Morgan fingerprint density at radius 2 is 1.21 bits per heavy atom. The molecule has 3 rings (SSSR count). The van der Waals surface area contributed by atoms with Gasteiger partial charge in [-0.3, -0.25) is 0 Å². The van der Waals surface area contributed by atoms with E-state index >= 15 is 0 Å². The van der Waals surface area contributed by atoms with Crippen molar-refractivity contribution in [1.29, 1.82) is 0 Å². The quantitative estimate of drug-likeness (QED) is 0.419. The first-order valence-corrected chi connectivity index (χ1v) is 11.3. The number of ether oxygens (including phenoxy) is 1. The second-order valence-electron chi connectivity index (χ2n) is 7.40. The van der Waals surface area contributed by atoms with E-state index in [1.54, 1.807) is 12.1 Å². The van der Waals surface area contributed by atoms with E-state index in [2.05, 4.69) is 0 Å². The van der Waals surface area contributed by atoms with Crippen LogP contribution in [0.5, 0.6) is 0 Å². The van der Waals surface area contributed by atoms with E-state index in [1.807, 2.05) is 92.7 Å². The molecule has 0 radical (unpaired) electrons. The van der Waals surface area contributed by atoms with Crippen LogP contribution in [-0.4, -0.2) is 17.7 Å². The summed E-state index contributed by atoms with van der Waals surface area (Å²) in [6, 6.07) is 28.1. The van der Waals surface area contributed by atoms with Crippen molar-refractivity contribution in [2.75, 3.05) is 6.16 Å². The van der Waals surface area contributed by atoms with Gasteiger partial charge in [-0.25, -0.2) is 4.79 Å². The highest BCUT2D eigenvalue weighted by Crippen LogP contribution is 2.45. The maximum atomic E-state index is 14.1. The summed E-state index contributed by atoms with van der Waals surface area (Å²) in [4.78, 5) is 12.4. The minimum atomic E-state index is -2.83. The summed E-state index contributed by atoms with van der Waals surface area (Å²) in [5.41, 5.74) is -0.212. The molecule has 3 nitrogen and oxygen atoms in total. The van der Waals surface area contributed by atoms with E-state index in [0.29, 0.717) is 18.1 Å². The van der Waals surface area contributed by atoms with Crippen LogP contribution in [0.4, 0.5) is 0 Å². The highest BCUT2D eigenvalue weighted by Gasteiger charge is 2.32. The molecular formula is C24H25O3P. The molecule has 0 N–H and O–H groups in total. The van der Waals surface area contributed by atoms with Crippen LogP contribution in [0.25, 0.3) is 0 Å². The number of carbonyl (C=O) groups excluding carboxylic acids is 1. The van der Waals surface area contributed by atoms with Crippen molar-refractivity contribution in [3.63, 3.8) is 0 Å². The standard InChI is InChI=1S/C24H25O3P/c1-24(2,27-23(25)20-12-6-3-7-13-20)18-19-28(26,21-14-8-4-9-15-21)22-16-10-5-11-17-22/h3-17H,18-19H2,1-2H3. The molecule has 0 atom stereocenters. The molecule has 0 spiro atoms. The van der Waals surface area contributed by atoms with Crippen LogP contribution in [0.1, 0.15) is 30.6 Å². The topological polar surface area (TPSA) is 43.4 Å². The average Bonchev–Trinajstić information content (AvgIpc) is 2.74. The Bertz CT molecular complexity index is 907. The molecule has 0 heterocycles. The molecule has 0 bridgehead atoms. The Labute approximate surface area is 166 Å². The van der Waals surface area contributed by atoms with Crippen molar-refractivity contribution in [3.8, 4) is 0 Å². The van der Waals surface area contributed by atoms with Gasteiger partial charge in [0.05, 0.1) is 5.56 Å². The molecule has 144 valence electrons. The lowest BCUT2D eigenvalue weighted by atomic mass is 10.1. The molecule has 0 saturated heterocycles. The molecule has 0 aliphatic carbocycles. The zero-order valence-electron chi connectivity index (χ0n) is 16.2. The third-order valence-electron chi connectivity index (χ3n) is 4.75. The van der Waals surface area contributed by atoms with Gasteiger partial charge in [0, 0.05) is 16.8 Å². The van der Waals surface area contributed by atoms with Gasteiger partial charge >= 0.3 is 5.97 Å². The smallest absolute Gasteiger partial charge is 0.338 e. The number of rotatable bonds is 7. The monoisotopic (exact) mass is 392 g/mol. The first-order chi connectivity index (χ1) is 13.4. The molecule has 0 aliphatic heterocycles. The summed E-state index contributed by atoms with van der Waals surface area (Å²) >= 11 is 0. The van der Waals surface area contributed by atoms with E-state index in [-0.39, 0.29) is 5.97 Å². The summed E-state index contributed by atoms with van der Waals surface area (Å²) in [5.74, 6) is -0.361. The van der Waals surface area contributed by atoms with Crippen molar-refractivity contribution < 1.29 is 14.1 Å². The first-order valence-electron chi connectivity index (χ1n) is 9.39. The lowest BCUT2D eigenvalue weighted by molar-refractivity contribution is -0.00210. The van der Waals surface area contributed by atoms with E-state index in [0.717, 1.165) is 10.6 Å². The fraction of sp³-hybridized carbons (Fsp3) is 0.208. The molecule has 0 unspecified atom stereocenters. The van der Waals surface area contributed by atoms with Crippen LogP contribution in [0.3, 0.4) is 0 Å². The van der Waals surface area contributed by atoms with Crippen LogP contribution in [0, 0.1) is 0 Å². The van der Waals surface area contributed by atoms with Gasteiger partial charge in [0.15, 0.2) is 0 Å². The fourth-order valence-corrected chi connectivity index (χ4v) is 6.08. The van der Waals surface area contributed by atoms with Crippen LogP contribution >= 0.6 is 7.14 Å². The summed E-state index contributed by atoms with van der Waals surface area (Å²) in [7, 11) is -2.83. The van der Waals surface area contributed by atoms with Crippen LogP contribution in [0.15, 0.2) is 91.0 Å². The van der Waals surface area contributed by atoms with Gasteiger partial charge in [0.1, 0.15) is 12.7 Å². The van der Waals surface area contributed by atoms with E-state index < -0.39 is 12.7 Å². The van der Waals surface area contributed by atoms with E-state index in [4.69, 9.17) is 4.74 Å². The average molecular weight is 392 g/mol. The predicted octanol–water partition coefficient (Wildman–Crippen LogP) is 5.03. The Balaban J connectivity index is 1.80. The van der Waals surface area contributed by atoms with E-state index in [9.17, 15) is 9.36 Å². The zero-order valence-corrected chi connectivity index (χ0v) is 17.1. The number of esters is 1. The van der Waals surface area contributed by atoms with Gasteiger partial charge in [-0.05, 0) is 32.4 Å². The second-order valence-corrected chi connectivity index (χ2v) is 10.4. The molecule has 0 aromatic heterocycles. The Kier molecular flexibility index (Phi) is 6.16. The van der Waals surface area contributed by atoms with Crippen LogP contribution in [-0.2, 0) is 9.30 Å². The summed E-state index contributed by atoms with van der Waals surface area (Å²) in [6.45, 7) is 3.74. The maximum absolute atomic E-state index is 14.1. The molecular weight excluding hydrogens is 367 g/mol. The van der Waals surface area contributed by atoms with Crippen LogP contribution in [0.2, 0.25) is 0 Å². The number of hydrogen-bond donors (Lipinski definition) is 0. The molecule has 0 aliphatic rings. The highest BCUT2D eigenvalue weighted by molar-refractivity contribution is 7.78. The van der Waals surface area contributed by atoms with Crippen molar-refractivity contribution in [3.05, 3.63) is 96.6 Å². The maximum Gasteiger partial charge on any atom is 0.338 e. The van der Waals surface area contributed by atoms with Gasteiger partial charge in [0.2, 0.25) is 0 Å². The minimum absolute atomic E-state index is 0.361. The SMILES string of the molecule is CC(C)(CCP(=O)(c1ccccc1)c1ccccc1)OC(=O)c1ccccc1.